The second-order valence-corrected chi connectivity index (χ2v) is 4.79. The zero-order chi connectivity index (χ0) is 13.8. The molecule has 1 aromatic rings. The van der Waals surface area contributed by atoms with Crippen molar-refractivity contribution in [3.8, 4) is 0 Å². The average molecular weight is 268 g/mol. The molecule has 0 aromatic heterocycles. The Labute approximate surface area is 110 Å². The Morgan fingerprint density at radius 1 is 1.58 bits per heavy atom. The van der Waals surface area contributed by atoms with Gasteiger partial charge in [0.1, 0.15) is 0 Å². The molecule has 1 aliphatic rings. The van der Waals surface area contributed by atoms with Crippen LogP contribution in [0.1, 0.15) is 25.3 Å². The Morgan fingerprint density at radius 2 is 2.37 bits per heavy atom. The van der Waals surface area contributed by atoms with Crippen LogP contribution in [0.2, 0.25) is 0 Å². The Morgan fingerprint density at radius 3 is 3.05 bits per heavy atom. The van der Waals surface area contributed by atoms with E-state index in [4.69, 9.17) is 4.74 Å². The van der Waals surface area contributed by atoms with Gasteiger partial charge in [-0.05, 0) is 19.8 Å². The maximum absolute atomic E-state index is 13.8. The number of nitrogens with one attached hydrogen (secondary N) is 1. The van der Waals surface area contributed by atoms with Crippen LogP contribution in [0.5, 0.6) is 0 Å². The molecule has 0 amide bonds. The standard InChI is InChI=1S/C13H17FN2O3/c1-9-7-11(5-6-19-9)15-8-10-3-2-4-12(13(10)14)16(17)18/h2-4,9,11,15H,5-8H2,1H3. The third-order valence-electron chi connectivity index (χ3n) is 3.32. The van der Waals surface area contributed by atoms with Crippen LogP contribution < -0.4 is 5.32 Å². The lowest BCUT2D eigenvalue weighted by Gasteiger charge is -2.28. The summed E-state index contributed by atoms with van der Waals surface area (Å²) in [5.41, 5.74) is -0.145. The second kappa shape index (κ2) is 6.08. The minimum Gasteiger partial charge on any atom is -0.378 e. The van der Waals surface area contributed by atoms with Crippen LogP contribution in [0.3, 0.4) is 0 Å². The highest BCUT2D eigenvalue weighted by atomic mass is 19.1. The van der Waals surface area contributed by atoms with Crippen molar-refractivity contribution in [2.45, 2.75) is 38.5 Å². The zero-order valence-corrected chi connectivity index (χ0v) is 10.8. The molecule has 1 fully saturated rings. The van der Waals surface area contributed by atoms with E-state index >= 15 is 0 Å². The molecule has 0 bridgehead atoms. The lowest BCUT2D eigenvalue weighted by atomic mass is 10.0. The molecule has 2 unspecified atom stereocenters. The van der Waals surface area contributed by atoms with Crippen LogP contribution in [0.15, 0.2) is 18.2 Å². The number of hydrogen-bond acceptors (Lipinski definition) is 4. The van der Waals surface area contributed by atoms with Gasteiger partial charge in [0.05, 0.1) is 11.0 Å². The third kappa shape index (κ3) is 3.48. The van der Waals surface area contributed by atoms with Crippen molar-refractivity contribution in [3.63, 3.8) is 0 Å². The van der Waals surface area contributed by atoms with Gasteiger partial charge in [0.15, 0.2) is 0 Å². The molecule has 1 heterocycles. The monoisotopic (exact) mass is 268 g/mol. The average Bonchev–Trinajstić information content (AvgIpc) is 2.37. The van der Waals surface area contributed by atoms with Gasteiger partial charge in [0.25, 0.3) is 0 Å². The number of rotatable bonds is 4. The highest BCUT2D eigenvalue weighted by molar-refractivity contribution is 5.36. The molecule has 0 radical (unpaired) electrons. The predicted octanol–water partition coefficient (Wildman–Crippen LogP) is 2.39. The SMILES string of the molecule is CC1CC(NCc2cccc([N+](=O)[O-])c2F)CCO1. The number of nitrogens with zero attached hydrogens (tertiary/aromatic N) is 1. The third-order valence-corrected chi connectivity index (χ3v) is 3.32. The van der Waals surface area contributed by atoms with Gasteiger partial charge in [-0.1, -0.05) is 12.1 Å². The van der Waals surface area contributed by atoms with Crippen LogP contribution in [0.4, 0.5) is 10.1 Å². The molecule has 6 heteroatoms. The lowest BCUT2D eigenvalue weighted by molar-refractivity contribution is -0.387. The predicted molar refractivity (Wildman–Crippen MR) is 68.3 cm³/mol. The van der Waals surface area contributed by atoms with E-state index in [2.05, 4.69) is 5.32 Å². The molecule has 1 N–H and O–H groups in total. The summed E-state index contributed by atoms with van der Waals surface area (Å²) >= 11 is 0. The summed E-state index contributed by atoms with van der Waals surface area (Å²) in [5, 5.41) is 13.9. The Hall–Kier alpha value is -1.53. The van der Waals surface area contributed by atoms with E-state index in [1.165, 1.54) is 12.1 Å². The van der Waals surface area contributed by atoms with E-state index in [0.29, 0.717) is 18.7 Å². The Kier molecular flexibility index (Phi) is 4.44. The van der Waals surface area contributed by atoms with Crippen molar-refractivity contribution in [1.82, 2.24) is 5.32 Å². The van der Waals surface area contributed by atoms with Crippen molar-refractivity contribution in [2.75, 3.05) is 6.61 Å². The van der Waals surface area contributed by atoms with Crippen LogP contribution in [-0.2, 0) is 11.3 Å². The summed E-state index contributed by atoms with van der Waals surface area (Å²) in [4.78, 5) is 9.95. The summed E-state index contributed by atoms with van der Waals surface area (Å²) < 4.78 is 19.3. The van der Waals surface area contributed by atoms with Gasteiger partial charge in [-0.3, -0.25) is 10.1 Å². The maximum atomic E-state index is 13.8. The van der Waals surface area contributed by atoms with Gasteiger partial charge in [-0.2, -0.15) is 4.39 Å². The maximum Gasteiger partial charge on any atom is 0.305 e. The van der Waals surface area contributed by atoms with Crippen molar-refractivity contribution in [1.29, 1.82) is 0 Å². The first-order valence-electron chi connectivity index (χ1n) is 6.34. The van der Waals surface area contributed by atoms with Crippen molar-refractivity contribution < 1.29 is 14.1 Å². The first-order chi connectivity index (χ1) is 9.08. The molecule has 5 nitrogen and oxygen atoms in total. The second-order valence-electron chi connectivity index (χ2n) is 4.79. The van der Waals surface area contributed by atoms with Gasteiger partial charge in [-0.25, -0.2) is 0 Å². The zero-order valence-electron chi connectivity index (χ0n) is 10.8. The number of halogens is 1. The molecule has 1 aromatic carbocycles. The summed E-state index contributed by atoms with van der Waals surface area (Å²) in [7, 11) is 0. The van der Waals surface area contributed by atoms with Crippen LogP contribution in [-0.4, -0.2) is 23.7 Å². The van der Waals surface area contributed by atoms with Crippen LogP contribution in [0.25, 0.3) is 0 Å². The van der Waals surface area contributed by atoms with E-state index in [1.807, 2.05) is 6.92 Å². The highest BCUT2D eigenvalue weighted by Gasteiger charge is 2.21. The Bertz CT molecular complexity index is 467. The molecule has 1 aliphatic heterocycles. The summed E-state index contributed by atoms with van der Waals surface area (Å²) in [6.07, 6.45) is 1.94. The van der Waals surface area contributed by atoms with Gasteiger partial charge >= 0.3 is 5.69 Å². The van der Waals surface area contributed by atoms with E-state index in [1.54, 1.807) is 6.07 Å². The first-order valence-corrected chi connectivity index (χ1v) is 6.34. The number of ether oxygens (including phenoxy) is 1. The number of nitro groups is 1. The minimum atomic E-state index is -0.750. The Balaban J connectivity index is 1.99. The number of benzene rings is 1. The molecule has 104 valence electrons. The molecular formula is C13H17FN2O3. The molecule has 0 spiro atoms. The number of hydrogen-bond donors (Lipinski definition) is 1. The smallest absolute Gasteiger partial charge is 0.305 e. The normalized spacial score (nSPS) is 23.3. The molecule has 0 saturated carbocycles. The van der Waals surface area contributed by atoms with Gasteiger partial charge in [0.2, 0.25) is 5.82 Å². The van der Waals surface area contributed by atoms with Gasteiger partial charge < -0.3 is 10.1 Å². The molecule has 0 aliphatic carbocycles. The van der Waals surface area contributed by atoms with Crippen molar-refractivity contribution in [2.24, 2.45) is 0 Å². The quantitative estimate of drug-likeness (QED) is 0.672. The molecular weight excluding hydrogens is 251 g/mol. The fourth-order valence-electron chi connectivity index (χ4n) is 2.28. The largest absolute Gasteiger partial charge is 0.378 e. The van der Waals surface area contributed by atoms with Crippen LogP contribution in [0, 0.1) is 15.9 Å². The van der Waals surface area contributed by atoms with Crippen molar-refractivity contribution in [3.05, 3.63) is 39.7 Å². The van der Waals surface area contributed by atoms with E-state index in [9.17, 15) is 14.5 Å². The fraction of sp³-hybridized carbons (Fsp3) is 0.538. The molecule has 19 heavy (non-hydrogen) atoms. The molecule has 2 rings (SSSR count). The van der Waals surface area contributed by atoms with Crippen LogP contribution >= 0.6 is 0 Å². The highest BCUT2D eigenvalue weighted by Crippen LogP contribution is 2.21. The van der Waals surface area contributed by atoms with E-state index in [0.717, 1.165) is 12.8 Å². The molecule has 2 atom stereocenters. The van der Waals surface area contributed by atoms with E-state index in [-0.39, 0.29) is 12.1 Å². The van der Waals surface area contributed by atoms with Gasteiger partial charge in [-0.15, -0.1) is 0 Å². The van der Waals surface area contributed by atoms with E-state index < -0.39 is 16.4 Å². The number of nitro benzene ring substituents is 1. The topological polar surface area (TPSA) is 64.4 Å². The van der Waals surface area contributed by atoms with Crippen molar-refractivity contribution >= 4 is 5.69 Å². The minimum absolute atomic E-state index is 0.196. The molecule has 1 saturated heterocycles. The first kappa shape index (κ1) is 13.9. The lowest BCUT2D eigenvalue weighted by Crippen LogP contribution is -2.37. The van der Waals surface area contributed by atoms with Gasteiger partial charge in [0, 0.05) is 30.8 Å². The fourth-order valence-corrected chi connectivity index (χ4v) is 2.28. The summed E-state index contributed by atoms with van der Waals surface area (Å²) in [6.45, 7) is 2.99. The summed E-state index contributed by atoms with van der Waals surface area (Å²) in [6, 6.07) is 4.51. The summed E-state index contributed by atoms with van der Waals surface area (Å²) in [5.74, 6) is -0.750.